The van der Waals surface area contributed by atoms with E-state index in [1.54, 1.807) is 72.8 Å². The molecule has 0 bridgehead atoms. The third-order valence-corrected chi connectivity index (χ3v) is 5.77. The second-order valence-corrected chi connectivity index (χ2v) is 8.43. The van der Waals surface area contributed by atoms with Crippen LogP contribution in [-0.2, 0) is 0 Å². The van der Waals surface area contributed by atoms with Crippen LogP contribution in [0.15, 0.2) is 121 Å². The number of benzene rings is 5. The molecular weight excluding hydrogens is 480 g/mol. The maximum absolute atomic E-state index is 13.3. The number of phenols is 2. The zero-order valence-electron chi connectivity index (χ0n) is 20.1. The average molecular weight is 503 g/mol. The van der Waals surface area contributed by atoms with E-state index in [4.69, 9.17) is 9.47 Å². The zero-order valence-corrected chi connectivity index (χ0v) is 20.1. The largest absolute Gasteiger partial charge is 0.508 e. The molecule has 0 unspecified atom stereocenters. The highest BCUT2D eigenvalue weighted by atomic mass is 16.5. The Morgan fingerprint density at radius 1 is 0.474 bits per heavy atom. The van der Waals surface area contributed by atoms with E-state index in [-0.39, 0.29) is 45.7 Å². The van der Waals surface area contributed by atoms with Crippen LogP contribution in [0.4, 0.5) is 0 Å². The maximum Gasteiger partial charge on any atom is 0.196 e. The van der Waals surface area contributed by atoms with Crippen LogP contribution in [0.3, 0.4) is 0 Å². The molecule has 0 aromatic heterocycles. The van der Waals surface area contributed by atoms with E-state index in [1.165, 1.54) is 36.4 Å². The van der Waals surface area contributed by atoms with Gasteiger partial charge in [0.15, 0.2) is 11.6 Å². The highest BCUT2D eigenvalue weighted by molar-refractivity contribution is 6.13. The summed E-state index contributed by atoms with van der Waals surface area (Å²) in [6, 6.07) is 32.8. The van der Waals surface area contributed by atoms with Crippen molar-refractivity contribution in [1.82, 2.24) is 0 Å². The number of hydrogen-bond donors (Lipinski definition) is 2. The van der Waals surface area contributed by atoms with Crippen molar-refractivity contribution in [2.45, 2.75) is 0 Å². The lowest BCUT2D eigenvalue weighted by Crippen LogP contribution is -2.06. The molecule has 5 rings (SSSR count). The van der Waals surface area contributed by atoms with Crippen molar-refractivity contribution in [3.05, 3.63) is 144 Å². The van der Waals surface area contributed by atoms with E-state index in [0.29, 0.717) is 22.6 Å². The summed E-state index contributed by atoms with van der Waals surface area (Å²) >= 11 is 0. The Kier molecular flexibility index (Phi) is 6.87. The van der Waals surface area contributed by atoms with Gasteiger partial charge < -0.3 is 19.7 Å². The number of carbonyl (C=O) groups excluding carboxylic acids is 2. The first-order chi connectivity index (χ1) is 18.5. The van der Waals surface area contributed by atoms with Crippen molar-refractivity contribution in [1.29, 1.82) is 0 Å². The first-order valence-electron chi connectivity index (χ1n) is 11.8. The van der Waals surface area contributed by atoms with E-state index in [2.05, 4.69) is 0 Å². The van der Waals surface area contributed by atoms with Gasteiger partial charge >= 0.3 is 0 Å². The Morgan fingerprint density at radius 2 is 0.842 bits per heavy atom. The topological polar surface area (TPSA) is 93.1 Å². The highest BCUT2D eigenvalue weighted by Gasteiger charge is 2.19. The molecule has 5 aromatic carbocycles. The van der Waals surface area contributed by atoms with Crippen LogP contribution in [0, 0.1) is 0 Å². The summed E-state index contributed by atoms with van der Waals surface area (Å²) in [5.74, 6) is 0.763. The summed E-state index contributed by atoms with van der Waals surface area (Å²) in [4.78, 5) is 26.6. The SMILES string of the molecule is O=C(c1ccc(C(=O)c2ccc(O)cc2Oc2ccccc2)cc1)c1ccc(O)cc1Oc1ccccc1. The second kappa shape index (κ2) is 10.7. The molecule has 0 saturated carbocycles. The fourth-order valence-corrected chi connectivity index (χ4v) is 3.88. The number of ether oxygens (including phenoxy) is 2. The van der Waals surface area contributed by atoms with Crippen LogP contribution < -0.4 is 9.47 Å². The van der Waals surface area contributed by atoms with Crippen LogP contribution in [-0.4, -0.2) is 21.8 Å². The summed E-state index contributed by atoms with van der Waals surface area (Å²) < 4.78 is 11.7. The van der Waals surface area contributed by atoms with Gasteiger partial charge in [0.1, 0.15) is 34.5 Å². The standard InChI is InChI=1S/C32H22O6/c33-23-15-17-27(29(19-23)37-25-7-3-1-4-8-25)31(35)21-11-13-22(14-12-21)32(36)28-18-16-24(34)20-30(28)38-26-9-5-2-6-10-26/h1-20,33-34H. The number of rotatable bonds is 8. The van der Waals surface area contributed by atoms with Crippen molar-refractivity contribution in [3.8, 4) is 34.5 Å². The summed E-state index contributed by atoms with van der Waals surface area (Å²) in [6.45, 7) is 0. The lowest BCUT2D eigenvalue weighted by Gasteiger charge is -2.12. The normalized spacial score (nSPS) is 10.5. The minimum Gasteiger partial charge on any atom is -0.508 e. The molecule has 6 nitrogen and oxygen atoms in total. The predicted molar refractivity (Wildman–Crippen MR) is 143 cm³/mol. The zero-order chi connectivity index (χ0) is 26.5. The molecule has 0 amide bonds. The van der Waals surface area contributed by atoms with Crippen molar-refractivity contribution in [2.24, 2.45) is 0 Å². The van der Waals surface area contributed by atoms with E-state index in [1.807, 2.05) is 12.1 Å². The summed E-state index contributed by atoms with van der Waals surface area (Å²) in [5, 5.41) is 19.9. The Labute approximate surface area is 219 Å². The quantitative estimate of drug-likeness (QED) is 0.219. The van der Waals surface area contributed by atoms with Gasteiger partial charge in [-0.2, -0.15) is 0 Å². The van der Waals surface area contributed by atoms with Crippen molar-refractivity contribution < 1.29 is 29.3 Å². The average Bonchev–Trinajstić information content (AvgIpc) is 2.94. The van der Waals surface area contributed by atoms with Crippen LogP contribution >= 0.6 is 0 Å². The van der Waals surface area contributed by atoms with Gasteiger partial charge in [-0.3, -0.25) is 9.59 Å². The molecule has 0 aliphatic carbocycles. The van der Waals surface area contributed by atoms with Gasteiger partial charge in [0.05, 0.1) is 11.1 Å². The van der Waals surface area contributed by atoms with Crippen LogP contribution in [0.2, 0.25) is 0 Å². The van der Waals surface area contributed by atoms with Gasteiger partial charge in [0, 0.05) is 23.3 Å². The molecule has 0 saturated heterocycles. The van der Waals surface area contributed by atoms with Gasteiger partial charge in [-0.15, -0.1) is 0 Å². The number of hydrogen-bond acceptors (Lipinski definition) is 6. The van der Waals surface area contributed by atoms with Crippen molar-refractivity contribution in [3.63, 3.8) is 0 Å². The molecule has 0 fully saturated rings. The monoisotopic (exact) mass is 502 g/mol. The molecule has 6 heteroatoms. The molecule has 186 valence electrons. The molecule has 0 radical (unpaired) electrons. The van der Waals surface area contributed by atoms with E-state index in [0.717, 1.165) is 0 Å². The fourth-order valence-electron chi connectivity index (χ4n) is 3.88. The van der Waals surface area contributed by atoms with Crippen molar-refractivity contribution in [2.75, 3.05) is 0 Å². The molecule has 38 heavy (non-hydrogen) atoms. The summed E-state index contributed by atoms with van der Waals surface area (Å²) in [6.07, 6.45) is 0. The lowest BCUT2D eigenvalue weighted by atomic mass is 9.97. The van der Waals surface area contributed by atoms with E-state index < -0.39 is 0 Å². The fraction of sp³-hybridized carbons (Fsp3) is 0. The van der Waals surface area contributed by atoms with Gasteiger partial charge in [-0.1, -0.05) is 60.7 Å². The number of phenolic OH excluding ortho intramolecular Hbond substituents is 2. The minimum absolute atomic E-state index is 0.0316. The summed E-state index contributed by atoms with van der Waals surface area (Å²) in [5.41, 5.74) is 1.22. The molecule has 5 aromatic rings. The molecule has 0 spiro atoms. The first kappa shape index (κ1) is 24.3. The number of para-hydroxylation sites is 2. The Bertz CT molecular complexity index is 1470. The van der Waals surface area contributed by atoms with Gasteiger partial charge in [-0.05, 0) is 48.5 Å². The lowest BCUT2D eigenvalue weighted by molar-refractivity contribution is 0.102. The Balaban J connectivity index is 1.40. The van der Waals surface area contributed by atoms with Crippen LogP contribution in [0.5, 0.6) is 34.5 Å². The predicted octanol–water partition coefficient (Wildman–Crippen LogP) is 7.14. The van der Waals surface area contributed by atoms with Gasteiger partial charge in [0.25, 0.3) is 0 Å². The van der Waals surface area contributed by atoms with E-state index in [9.17, 15) is 19.8 Å². The van der Waals surface area contributed by atoms with Crippen LogP contribution in [0.25, 0.3) is 0 Å². The minimum atomic E-state index is -0.326. The molecule has 0 heterocycles. The number of ketones is 2. The molecule has 0 aliphatic rings. The highest BCUT2D eigenvalue weighted by Crippen LogP contribution is 2.32. The molecule has 0 atom stereocenters. The number of aromatic hydroxyl groups is 2. The smallest absolute Gasteiger partial charge is 0.196 e. The molecular formula is C32H22O6. The Morgan fingerprint density at radius 3 is 1.21 bits per heavy atom. The summed E-state index contributed by atoms with van der Waals surface area (Å²) in [7, 11) is 0. The second-order valence-electron chi connectivity index (χ2n) is 8.43. The Hall–Kier alpha value is -5.36. The van der Waals surface area contributed by atoms with E-state index >= 15 is 0 Å². The number of carbonyl (C=O) groups is 2. The molecule has 0 aliphatic heterocycles. The van der Waals surface area contributed by atoms with Gasteiger partial charge in [-0.25, -0.2) is 0 Å². The van der Waals surface area contributed by atoms with Crippen LogP contribution in [0.1, 0.15) is 31.8 Å². The third kappa shape index (κ3) is 5.39. The third-order valence-electron chi connectivity index (χ3n) is 5.77. The first-order valence-corrected chi connectivity index (χ1v) is 11.8. The molecule has 2 N–H and O–H groups in total. The maximum atomic E-state index is 13.3. The van der Waals surface area contributed by atoms with Gasteiger partial charge in [0.2, 0.25) is 0 Å². The van der Waals surface area contributed by atoms with Crippen molar-refractivity contribution >= 4 is 11.6 Å².